The summed E-state index contributed by atoms with van der Waals surface area (Å²) in [6.45, 7) is 6.93. The highest BCUT2D eigenvalue weighted by Crippen LogP contribution is 2.24. The molecular formula is C10H16N2O. The topological polar surface area (TPSA) is 37.0 Å². The number of aromatic amines is 1. The molecule has 0 radical (unpaired) electrons. The van der Waals surface area contributed by atoms with Gasteiger partial charge in [0.1, 0.15) is 0 Å². The second-order valence-electron chi connectivity index (χ2n) is 3.57. The van der Waals surface area contributed by atoms with Crippen LogP contribution in [0.5, 0.6) is 0 Å². The summed E-state index contributed by atoms with van der Waals surface area (Å²) in [6, 6.07) is 0. The molecule has 0 bridgehead atoms. The lowest BCUT2D eigenvalue weighted by Gasteiger charge is -2.24. The lowest BCUT2D eigenvalue weighted by atomic mass is 10.1. The van der Waals surface area contributed by atoms with Crippen LogP contribution in [0.3, 0.4) is 0 Å². The van der Waals surface area contributed by atoms with Crippen molar-refractivity contribution in [2.45, 2.75) is 20.0 Å². The average Bonchev–Trinajstić information content (AvgIpc) is 2.48. The summed E-state index contributed by atoms with van der Waals surface area (Å²) >= 11 is 0. The Morgan fingerprint density at radius 3 is 2.85 bits per heavy atom. The Kier molecular flexibility index (Phi) is 2.38. The fourth-order valence-corrected chi connectivity index (χ4v) is 1.91. The third kappa shape index (κ3) is 1.62. The molecule has 72 valence electrons. The first-order valence-electron chi connectivity index (χ1n) is 4.76. The van der Waals surface area contributed by atoms with Crippen LogP contribution in [0.4, 0.5) is 0 Å². The molecule has 1 saturated heterocycles. The van der Waals surface area contributed by atoms with Crippen molar-refractivity contribution in [1.29, 1.82) is 0 Å². The van der Waals surface area contributed by atoms with Gasteiger partial charge in [-0.2, -0.15) is 0 Å². The Bertz CT molecular complexity index is 268. The molecule has 3 nitrogen and oxygen atoms in total. The number of ether oxygens (including phenoxy) is 1. The van der Waals surface area contributed by atoms with Gasteiger partial charge in [0.05, 0.1) is 12.7 Å². The van der Waals surface area contributed by atoms with Gasteiger partial charge in [-0.15, -0.1) is 0 Å². The van der Waals surface area contributed by atoms with Gasteiger partial charge in [0.15, 0.2) is 0 Å². The number of H-pyrrole nitrogens is 1. The maximum atomic E-state index is 5.70. The minimum atomic E-state index is 0.236. The Morgan fingerprint density at radius 2 is 2.31 bits per heavy atom. The van der Waals surface area contributed by atoms with Crippen LogP contribution >= 0.6 is 0 Å². The van der Waals surface area contributed by atoms with E-state index < -0.39 is 0 Å². The summed E-state index contributed by atoms with van der Waals surface area (Å²) in [4.78, 5) is 3.23. The second-order valence-corrected chi connectivity index (χ2v) is 3.57. The fraction of sp³-hybridized carbons (Fsp3) is 0.600. The zero-order valence-electron chi connectivity index (χ0n) is 8.18. The Labute approximate surface area is 78.5 Å². The van der Waals surface area contributed by atoms with E-state index in [2.05, 4.69) is 24.1 Å². The van der Waals surface area contributed by atoms with Crippen molar-refractivity contribution in [2.75, 3.05) is 19.7 Å². The van der Waals surface area contributed by atoms with Crippen molar-refractivity contribution in [3.05, 3.63) is 23.0 Å². The summed E-state index contributed by atoms with van der Waals surface area (Å²) in [7, 11) is 0. The maximum absolute atomic E-state index is 5.70. The van der Waals surface area contributed by atoms with Gasteiger partial charge in [-0.1, -0.05) is 0 Å². The smallest absolute Gasteiger partial charge is 0.0969 e. The summed E-state index contributed by atoms with van der Waals surface area (Å²) in [5, 5.41) is 3.34. The van der Waals surface area contributed by atoms with E-state index >= 15 is 0 Å². The minimum Gasteiger partial charge on any atom is -0.371 e. The molecule has 1 unspecified atom stereocenters. The molecular weight excluding hydrogens is 164 g/mol. The first-order chi connectivity index (χ1) is 6.29. The zero-order valence-corrected chi connectivity index (χ0v) is 8.18. The molecule has 2 rings (SSSR count). The van der Waals surface area contributed by atoms with Crippen molar-refractivity contribution in [3.63, 3.8) is 0 Å². The van der Waals surface area contributed by atoms with Gasteiger partial charge in [-0.05, 0) is 19.4 Å². The standard InChI is InChI=1S/C10H16N2O/c1-7-5-12-8(2)10(7)9-6-11-3-4-13-9/h5,9,11-12H,3-4,6H2,1-2H3. The SMILES string of the molecule is Cc1c[nH]c(C)c1C1CNCCO1. The predicted octanol–water partition coefficient (Wildman–Crippen LogP) is 1.29. The molecule has 1 aliphatic heterocycles. The molecule has 0 aliphatic carbocycles. The van der Waals surface area contributed by atoms with E-state index in [-0.39, 0.29) is 6.10 Å². The van der Waals surface area contributed by atoms with Gasteiger partial charge in [0.2, 0.25) is 0 Å². The Hall–Kier alpha value is -0.800. The minimum absolute atomic E-state index is 0.236. The highest BCUT2D eigenvalue weighted by Gasteiger charge is 2.20. The van der Waals surface area contributed by atoms with E-state index in [1.54, 1.807) is 0 Å². The molecule has 13 heavy (non-hydrogen) atoms. The van der Waals surface area contributed by atoms with Gasteiger partial charge in [-0.25, -0.2) is 0 Å². The molecule has 1 fully saturated rings. The number of rotatable bonds is 1. The predicted molar refractivity (Wildman–Crippen MR) is 51.8 cm³/mol. The van der Waals surface area contributed by atoms with Crippen molar-refractivity contribution < 1.29 is 4.74 Å². The normalized spacial score (nSPS) is 23.4. The van der Waals surface area contributed by atoms with Crippen LogP contribution in [0.1, 0.15) is 22.9 Å². The van der Waals surface area contributed by atoms with Crippen LogP contribution in [0.15, 0.2) is 6.20 Å². The lowest BCUT2D eigenvalue weighted by Crippen LogP contribution is -2.33. The molecule has 1 aromatic rings. The quantitative estimate of drug-likeness (QED) is 0.683. The van der Waals surface area contributed by atoms with Gasteiger partial charge >= 0.3 is 0 Å². The Morgan fingerprint density at radius 1 is 1.46 bits per heavy atom. The van der Waals surface area contributed by atoms with Crippen LogP contribution < -0.4 is 5.32 Å². The molecule has 3 heteroatoms. The third-order valence-electron chi connectivity index (χ3n) is 2.58. The summed E-state index contributed by atoms with van der Waals surface area (Å²) in [6.07, 6.45) is 2.28. The van der Waals surface area contributed by atoms with Crippen molar-refractivity contribution in [1.82, 2.24) is 10.3 Å². The van der Waals surface area contributed by atoms with E-state index in [0.717, 1.165) is 19.7 Å². The highest BCUT2D eigenvalue weighted by atomic mass is 16.5. The van der Waals surface area contributed by atoms with Gasteiger partial charge in [0.25, 0.3) is 0 Å². The number of nitrogens with one attached hydrogen (secondary N) is 2. The van der Waals surface area contributed by atoms with Crippen molar-refractivity contribution in [3.8, 4) is 0 Å². The van der Waals surface area contributed by atoms with Crippen molar-refractivity contribution >= 4 is 0 Å². The molecule has 2 N–H and O–H groups in total. The Balaban J connectivity index is 2.22. The highest BCUT2D eigenvalue weighted by molar-refractivity contribution is 5.31. The third-order valence-corrected chi connectivity index (χ3v) is 2.58. The van der Waals surface area contributed by atoms with Crippen LogP contribution in [-0.4, -0.2) is 24.7 Å². The van der Waals surface area contributed by atoms with Gasteiger partial charge in [-0.3, -0.25) is 0 Å². The van der Waals surface area contributed by atoms with E-state index in [1.165, 1.54) is 16.8 Å². The molecule has 0 amide bonds. The fourth-order valence-electron chi connectivity index (χ4n) is 1.91. The number of morpholine rings is 1. The lowest BCUT2D eigenvalue weighted by molar-refractivity contribution is 0.0270. The molecule has 0 aromatic carbocycles. The van der Waals surface area contributed by atoms with E-state index in [1.807, 2.05) is 6.20 Å². The molecule has 0 saturated carbocycles. The zero-order chi connectivity index (χ0) is 9.26. The largest absolute Gasteiger partial charge is 0.371 e. The van der Waals surface area contributed by atoms with Crippen LogP contribution in [0, 0.1) is 13.8 Å². The van der Waals surface area contributed by atoms with Crippen LogP contribution in [0.2, 0.25) is 0 Å². The van der Waals surface area contributed by atoms with Crippen molar-refractivity contribution in [2.24, 2.45) is 0 Å². The second kappa shape index (κ2) is 3.52. The first kappa shape index (κ1) is 8.78. The van der Waals surface area contributed by atoms with Crippen LogP contribution in [-0.2, 0) is 4.74 Å². The molecule has 1 aliphatic rings. The molecule has 1 atom stereocenters. The number of aryl methyl sites for hydroxylation is 2. The van der Waals surface area contributed by atoms with Gasteiger partial charge in [0, 0.05) is 30.5 Å². The summed E-state index contributed by atoms with van der Waals surface area (Å²) in [5.74, 6) is 0. The summed E-state index contributed by atoms with van der Waals surface area (Å²) < 4.78 is 5.70. The van der Waals surface area contributed by atoms with E-state index in [9.17, 15) is 0 Å². The number of hydrogen-bond acceptors (Lipinski definition) is 2. The van der Waals surface area contributed by atoms with Gasteiger partial charge < -0.3 is 15.0 Å². The monoisotopic (exact) mass is 180 g/mol. The molecule has 2 heterocycles. The summed E-state index contributed by atoms with van der Waals surface area (Å²) in [5.41, 5.74) is 3.85. The molecule has 0 spiro atoms. The average molecular weight is 180 g/mol. The molecule has 1 aromatic heterocycles. The van der Waals surface area contributed by atoms with E-state index in [0.29, 0.717) is 0 Å². The van der Waals surface area contributed by atoms with E-state index in [4.69, 9.17) is 4.74 Å². The maximum Gasteiger partial charge on any atom is 0.0969 e. The first-order valence-corrected chi connectivity index (χ1v) is 4.76. The van der Waals surface area contributed by atoms with Crippen LogP contribution in [0.25, 0.3) is 0 Å². The number of aromatic nitrogens is 1. The number of hydrogen-bond donors (Lipinski definition) is 2.